The van der Waals surface area contributed by atoms with Gasteiger partial charge in [0.1, 0.15) is 6.61 Å². The lowest BCUT2D eigenvalue weighted by molar-refractivity contribution is -0.155. The van der Waals surface area contributed by atoms with Gasteiger partial charge in [0.05, 0.1) is 11.3 Å². The standard InChI is InChI=1S/C28H32N2O5/c1-18-15-19(25(31)32)11-14-30(18)26(33)28(12-6-13-28)17-29-27(34)35-16-24-22-9-4-2-7-20(22)21-8-3-5-10-23(21)24/h2-5,7-10,18-19,24H,6,11-17H2,1H3,(H,29,34)(H,31,32). The number of fused-ring (bicyclic) bond motifs is 3. The summed E-state index contributed by atoms with van der Waals surface area (Å²) in [6, 6.07) is 16.3. The highest BCUT2D eigenvalue weighted by Crippen LogP contribution is 2.45. The molecule has 1 saturated heterocycles. The molecule has 184 valence electrons. The molecule has 2 atom stereocenters. The Kier molecular flexibility index (Phi) is 6.26. The highest BCUT2D eigenvalue weighted by Gasteiger charge is 2.48. The van der Waals surface area contributed by atoms with Gasteiger partial charge in [-0.1, -0.05) is 55.0 Å². The van der Waals surface area contributed by atoms with E-state index in [9.17, 15) is 19.5 Å². The summed E-state index contributed by atoms with van der Waals surface area (Å²) in [6.45, 7) is 2.84. The van der Waals surface area contributed by atoms with Crippen LogP contribution in [0.2, 0.25) is 0 Å². The number of hydrogen-bond donors (Lipinski definition) is 2. The Morgan fingerprint density at radius 3 is 2.23 bits per heavy atom. The third-order valence-corrected chi connectivity index (χ3v) is 8.17. The maximum atomic E-state index is 13.4. The quantitative estimate of drug-likeness (QED) is 0.644. The van der Waals surface area contributed by atoms with Gasteiger partial charge < -0.3 is 20.1 Å². The smallest absolute Gasteiger partial charge is 0.407 e. The van der Waals surface area contributed by atoms with E-state index in [1.807, 2.05) is 36.1 Å². The summed E-state index contributed by atoms with van der Waals surface area (Å²) in [5, 5.41) is 12.2. The molecule has 1 heterocycles. The van der Waals surface area contributed by atoms with Gasteiger partial charge >= 0.3 is 12.1 Å². The monoisotopic (exact) mass is 476 g/mol. The normalized spacial score (nSPS) is 22.5. The van der Waals surface area contributed by atoms with Crippen LogP contribution in [0.5, 0.6) is 0 Å². The lowest BCUT2D eigenvalue weighted by Gasteiger charge is -2.47. The Morgan fingerprint density at radius 2 is 1.69 bits per heavy atom. The van der Waals surface area contributed by atoms with Crippen LogP contribution in [0.4, 0.5) is 4.79 Å². The van der Waals surface area contributed by atoms with Crippen molar-refractivity contribution >= 4 is 18.0 Å². The minimum atomic E-state index is -0.792. The molecule has 0 aromatic heterocycles. The topological polar surface area (TPSA) is 95.9 Å². The summed E-state index contributed by atoms with van der Waals surface area (Å²) in [6.07, 6.45) is 2.82. The number of piperidine rings is 1. The van der Waals surface area contributed by atoms with Crippen LogP contribution >= 0.6 is 0 Å². The van der Waals surface area contributed by atoms with Gasteiger partial charge in [-0.25, -0.2) is 4.79 Å². The van der Waals surface area contributed by atoms with Gasteiger partial charge in [-0.15, -0.1) is 0 Å². The van der Waals surface area contributed by atoms with E-state index in [0.29, 0.717) is 19.4 Å². The van der Waals surface area contributed by atoms with Crippen molar-refractivity contribution in [2.45, 2.75) is 51.0 Å². The lowest BCUT2D eigenvalue weighted by atomic mass is 9.67. The van der Waals surface area contributed by atoms with Gasteiger partial charge in [-0.05, 0) is 54.9 Å². The van der Waals surface area contributed by atoms with Gasteiger partial charge in [0, 0.05) is 25.0 Å². The molecule has 0 radical (unpaired) electrons. The van der Waals surface area contributed by atoms with Crippen LogP contribution < -0.4 is 5.32 Å². The zero-order chi connectivity index (χ0) is 24.6. The Balaban J connectivity index is 1.19. The van der Waals surface area contributed by atoms with E-state index < -0.39 is 23.4 Å². The van der Waals surface area contributed by atoms with Crippen LogP contribution in [0.3, 0.4) is 0 Å². The number of carboxylic acid groups (broad SMARTS) is 1. The van der Waals surface area contributed by atoms with Gasteiger partial charge in [-0.2, -0.15) is 0 Å². The van der Waals surface area contributed by atoms with Gasteiger partial charge in [0.15, 0.2) is 0 Å². The molecular formula is C28H32N2O5. The summed E-state index contributed by atoms with van der Waals surface area (Å²) in [7, 11) is 0. The fraction of sp³-hybridized carbons (Fsp3) is 0.464. The number of nitrogens with zero attached hydrogens (tertiary/aromatic N) is 1. The molecule has 7 nitrogen and oxygen atoms in total. The van der Waals surface area contributed by atoms with Gasteiger partial charge in [0.25, 0.3) is 0 Å². The zero-order valence-electron chi connectivity index (χ0n) is 20.0. The molecule has 1 aliphatic heterocycles. The maximum Gasteiger partial charge on any atom is 0.407 e. The highest BCUT2D eigenvalue weighted by atomic mass is 16.5. The van der Waals surface area contributed by atoms with Crippen molar-refractivity contribution in [3.63, 3.8) is 0 Å². The lowest BCUT2D eigenvalue weighted by Crippen LogP contribution is -2.57. The number of carbonyl (C=O) groups is 3. The molecule has 7 heteroatoms. The van der Waals surface area contributed by atoms with Crippen molar-refractivity contribution in [2.24, 2.45) is 11.3 Å². The third kappa shape index (κ3) is 4.28. The first kappa shape index (κ1) is 23.4. The number of benzene rings is 2. The first-order valence-electron chi connectivity index (χ1n) is 12.5. The molecule has 2 amide bonds. The molecular weight excluding hydrogens is 444 g/mol. The molecule has 2 aromatic carbocycles. The van der Waals surface area contributed by atoms with Crippen molar-refractivity contribution < 1.29 is 24.2 Å². The molecule has 35 heavy (non-hydrogen) atoms. The molecule has 2 N–H and O–H groups in total. The second-order valence-electron chi connectivity index (χ2n) is 10.2. The molecule has 2 aromatic rings. The molecule has 2 aliphatic carbocycles. The third-order valence-electron chi connectivity index (χ3n) is 8.17. The van der Waals surface area contributed by atoms with Gasteiger partial charge in [-0.3, -0.25) is 9.59 Å². The average molecular weight is 477 g/mol. The van der Waals surface area contributed by atoms with Crippen LogP contribution in [0, 0.1) is 11.3 Å². The Bertz CT molecular complexity index is 1100. The molecule has 0 spiro atoms. The second kappa shape index (κ2) is 9.36. The number of hydrogen-bond acceptors (Lipinski definition) is 4. The first-order chi connectivity index (χ1) is 16.9. The number of rotatable bonds is 6. The van der Waals surface area contributed by atoms with E-state index in [-0.39, 0.29) is 31.0 Å². The van der Waals surface area contributed by atoms with Crippen molar-refractivity contribution in [1.29, 1.82) is 0 Å². The number of carboxylic acids is 1. The molecule has 5 rings (SSSR count). The second-order valence-corrected chi connectivity index (χ2v) is 10.2. The van der Waals surface area contributed by atoms with E-state index in [1.165, 1.54) is 11.1 Å². The number of ether oxygens (including phenoxy) is 1. The summed E-state index contributed by atoms with van der Waals surface area (Å²) in [5.74, 6) is -1.17. The first-order valence-corrected chi connectivity index (χ1v) is 12.5. The molecule has 2 fully saturated rings. The van der Waals surface area contributed by atoms with E-state index in [4.69, 9.17) is 4.74 Å². The van der Waals surface area contributed by atoms with E-state index in [0.717, 1.165) is 30.4 Å². The number of amides is 2. The summed E-state index contributed by atoms with van der Waals surface area (Å²) in [4.78, 5) is 39.3. The fourth-order valence-corrected chi connectivity index (χ4v) is 5.96. The van der Waals surface area contributed by atoms with Crippen LogP contribution in [0.25, 0.3) is 11.1 Å². The summed E-state index contributed by atoms with van der Waals surface area (Å²) < 4.78 is 5.65. The van der Waals surface area contributed by atoms with E-state index in [1.54, 1.807) is 0 Å². The van der Waals surface area contributed by atoms with Crippen molar-refractivity contribution in [2.75, 3.05) is 19.7 Å². The minimum Gasteiger partial charge on any atom is -0.481 e. The molecule has 2 unspecified atom stereocenters. The largest absolute Gasteiger partial charge is 0.481 e. The number of carbonyl (C=O) groups excluding carboxylic acids is 2. The van der Waals surface area contributed by atoms with Crippen LogP contribution in [0.1, 0.15) is 56.1 Å². The minimum absolute atomic E-state index is 0.0103. The number of nitrogens with one attached hydrogen (secondary N) is 1. The number of likely N-dealkylation sites (tertiary alicyclic amines) is 1. The van der Waals surface area contributed by atoms with Crippen molar-refractivity contribution in [1.82, 2.24) is 10.2 Å². The average Bonchev–Trinajstić information content (AvgIpc) is 3.15. The van der Waals surface area contributed by atoms with E-state index in [2.05, 4.69) is 29.6 Å². The van der Waals surface area contributed by atoms with Crippen LogP contribution in [-0.2, 0) is 14.3 Å². The maximum absolute atomic E-state index is 13.4. The Labute approximate surface area is 205 Å². The predicted octanol–water partition coefficient (Wildman–Crippen LogP) is 4.41. The molecule has 3 aliphatic rings. The van der Waals surface area contributed by atoms with Crippen molar-refractivity contribution in [3.8, 4) is 11.1 Å². The number of aliphatic carboxylic acids is 1. The molecule has 0 bridgehead atoms. The SMILES string of the molecule is CC1CC(C(=O)O)CCN1C(=O)C1(CNC(=O)OCC2c3ccccc3-c3ccccc32)CCC1. The summed E-state index contributed by atoms with van der Waals surface area (Å²) >= 11 is 0. The van der Waals surface area contributed by atoms with Crippen molar-refractivity contribution in [3.05, 3.63) is 59.7 Å². The summed E-state index contributed by atoms with van der Waals surface area (Å²) in [5.41, 5.74) is 4.06. The van der Waals surface area contributed by atoms with E-state index >= 15 is 0 Å². The van der Waals surface area contributed by atoms with Crippen LogP contribution in [0.15, 0.2) is 48.5 Å². The predicted molar refractivity (Wildman–Crippen MR) is 131 cm³/mol. The van der Waals surface area contributed by atoms with Gasteiger partial charge in [0.2, 0.25) is 5.91 Å². The molecule has 1 saturated carbocycles. The fourth-order valence-electron chi connectivity index (χ4n) is 5.96. The highest BCUT2D eigenvalue weighted by molar-refractivity contribution is 5.85. The number of alkyl carbamates (subject to hydrolysis) is 1. The zero-order valence-corrected chi connectivity index (χ0v) is 20.0. The Morgan fingerprint density at radius 1 is 1.06 bits per heavy atom. The van der Waals surface area contributed by atoms with Crippen LogP contribution in [-0.4, -0.2) is 53.7 Å². The Hall–Kier alpha value is -3.35.